The van der Waals surface area contributed by atoms with Crippen LogP contribution in [0, 0.1) is 0 Å². The van der Waals surface area contributed by atoms with Gasteiger partial charge in [-0.2, -0.15) is 13.2 Å². The van der Waals surface area contributed by atoms with Gasteiger partial charge in [-0.25, -0.2) is 0 Å². The van der Waals surface area contributed by atoms with E-state index in [4.69, 9.17) is 0 Å². The predicted molar refractivity (Wildman–Crippen MR) is 46.7 cm³/mol. The first kappa shape index (κ1) is 12.7. The SMILES string of the molecule is CN(CC(F)(F)F)C(=O)C(C)(C)Br. The number of carbonyl (C=O) groups excluding carboxylic acids is 1. The molecule has 0 saturated carbocycles. The van der Waals surface area contributed by atoms with E-state index in [2.05, 4.69) is 15.9 Å². The Morgan fingerprint density at radius 2 is 1.77 bits per heavy atom. The number of rotatable bonds is 2. The monoisotopic (exact) mass is 261 g/mol. The van der Waals surface area contributed by atoms with Crippen LogP contribution in [0.4, 0.5) is 13.2 Å². The fourth-order valence-electron chi connectivity index (χ4n) is 0.795. The Balaban J connectivity index is 4.30. The minimum atomic E-state index is -4.34. The van der Waals surface area contributed by atoms with Gasteiger partial charge >= 0.3 is 6.18 Å². The smallest absolute Gasteiger partial charge is 0.335 e. The van der Waals surface area contributed by atoms with Crippen LogP contribution in [-0.2, 0) is 4.79 Å². The van der Waals surface area contributed by atoms with E-state index in [1.807, 2.05) is 0 Å². The number of carbonyl (C=O) groups is 1. The normalized spacial score (nSPS) is 12.8. The van der Waals surface area contributed by atoms with Crippen LogP contribution in [0.5, 0.6) is 0 Å². The lowest BCUT2D eigenvalue weighted by Gasteiger charge is -2.25. The molecule has 0 unspecified atom stereocenters. The van der Waals surface area contributed by atoms with Crippen molar-refractivity contribution in [2.24, 2.45) is 0 Å². The zero-order valence-corrected chi connectivity index (χ0v) is 9.16. The molecule has 0 aromatic carbocycles. The van der Waals surface area contributed by atoms with Crippen molar-refractivity contribution in [3.63, 3.8) is 0 Å². The second kappa shape index (κ2) is 3.86. The highest BCUT2D eigenvalue weighted by molar-refractivity contribution is 9.10. The van der Waals surface area contributed by atoms with E-state index in [0.29, 0.717) is 4.90 Å². The van der Waals surface area contributed by atoms with Crippen molar-refractivity contribution in [1.29, 1.82) is 0 Å². The molecule has 13 heavy (non-hydrogen) atoms. The van der Waals surface area contributed by atoms with Gasteiger partial charge in [-0.15, -0.1) is 0 Å². The van der Waals surface area contributed by atoms with Gasteiger partial charge < -0.3 is 4.90 Å². The molecule has 0 aromatic rings. The van der Waals surface area contributed by atoms with Gasteiger partial charge in [0.1, 0.15) is 6.54 Å². The van der Waals surface area contributed by atoms with E-state index in [1.54, 1.807) is 0 Å². The van der Waals surface area contributed by atoms with E-state index < -0.39 is 23.0 Å². The van der Waals surface area contributed by atoms with Crippen LogP contribution in [0.15, 0.2) is 0 Å². The molecule has 1 amide bonds. The van der Waals surface area contributed by atoms with E-state index >= 15 is 0 Å². The summed E-state index contributed by atoms with van der Waals surface area (Å²) in [5.74, 6) is -0.593. The van der Waals surface area contributed by atoms with Gasteiger partial charge in [-0.3, -0.25) is 4.79 Å². The van der Waals surface area contributed by atoms with Crippen molar-refractivity contribution < 1.29 is 18.0 Å². The third-order valence-corrected chi connectivity index (χ3v) is 1.61. The number of hydrogen-bond donors (Lipinski definition) is 0. The molecule has 6 heteroatoms. The molecule has 0 fully saturated rings. The topological polar surface area (TPSA) is 20.3 Å². The molecule has 0 aliphatic carbocycles. The molecule has 0 aliphatic heterocycles. The number of halogens is 4. The van der Waals surface area contributed by atoms with Crippen molar-refractivity contribution in [3.05, 3.63) is 0 Å². The van der Waals surface area contributed by atoms with Crippen molar-refractivity contribution in [1.82, 2.24) is 4.90 Å². The lowest BCUT2D eigenvalue weighted by Crippen LogP contribution is -2.43. The first-order valence-electron chi connectivity index (χ1n) is 3.55. The molecular formula is C7H11BrF3NO. The first-order valence-corrected chi connectivity index (χ1v) is 4.34. The quantitative estimate of drug-likeness (QED) is 0.698. The van der Waals surface area contributed by atoms with Gasteiger partial charge in [-0.05, 0) is 13.8 Å². The molecular weight excluding hydrogens is 251 g/mol. The highest BCUT2D eigenvalue weighted by Crippen LogP contribution is 2.22. The molecule has 0 radical (unpaired) electrons. The number of hydrogen-bond acceptors (Lipinski definition) is 1. The minimum Gasteiger partial charge on any atom is -0.335 e. The Morgan fingerprint density at radius 1 is 1.38 bits per heavy atom. The standard InChI is InChI=1S/C7H11BrF3NO/c1-6(2,8)5(13)12(3)4-7(9,10)11/h4H2,1-3H3. The van der Waals surface area contributed by atoms with E-state index in [9.17, 15) is 18.0 Å². The van der Waals surface area contributed by atoms with Gasteiger partial charge in [0, 0.05) is 7.05 Å². The van der Waals surface area contributed by atoms with Gasteiger partial charge in [0.05, 0.1) is 4.32 Å². The lowest BCUT2D eigenvalue weighted by atomic mass is 10.2. The summed E-state index contributed by atoms with van der Waals surface area (Å²) >= 11 is 2.99. The van der Waals surface area contributed by atoms with Gasteiger partial charge in [-0.1, -0.05) is 15.9 Å². The minimum absolute atomic E-state index is 0.593. The van der Waals surface area contributed by atoms with Crippen LogP contribution >= 0.6 is 15.9 Å². The fourth-order valence-corrected chi connectivity index (χ4v) is 1.10. The van der Waals surface area contributed by atoms with Crippen LogP contribution in [0.25, 0.3) is 0 Å². The van der Waals surface area contributed by atoms with Crippen LogP contribution in [0.2, 0.25) is 0 Å². The van der Waals surface area contributed by atoms with Crippen molar-refractivity contribution >= 4 is 21.8 Å². The summed E-state index contributed by atoms with van der Waals surface area (Å²) in [7, 11) is 1.12. The second-order valence-electron chi connectivity index (χ2n) is 3.25. The average molecular weight is 262 g/mol. The van der Waals surface area contributed by atoms with E-state index in [0.717, 1.165) is 7.05 Å². The molecule has 0 rings (SSSR count). The average Bonchev–Trinajstić information content (AvgIpc) is 1.79. The molecule has 78 valence electrons. The van der Waals surface area contributed by atoms with Gasteiger partial charge in [0.2, 0.25) is 5.91 Å². The summed E-state index contributed by atoms with van der Waals surface area (Å²) in [4.78, 5) is 11.9. The zero-order chi connectivity index (χ0) is 10.9. The summed E-state index contributed by atoms with van der Waals surface area (Å²) in [6, 6.07) is 0. The summed E-state index contributed by atoms with van der Waals surface area (Å²) < 4.78 is 34.6. The third-order valence-electron chi connectivity index (χ3n) is 1.27. The molecule has 0 bridgehead atoms. The van der Waals surface area contributed by atoms with Crippen molar-refractivity contribution in [3.8, 4) is 0 Å². The highest BCUT2D eigenvalue weighted by atomic mass is 79.9. The molecule has 0 saturated heterocycles. The Labute approximate surface area is 83.2 Å². The summed E-state index contributed by atoms with van der Waals surface area (Å²) in [5.41, 5.74) is 0. The molecule has 0 N–H and O–H groups in total. The van der Waals surface area contributed by atoms with Crippen molar-refractivity contribution in [2.45, 2.75) is 24.3 Å². The number of amides is 1. The lowest BCUT2D eigenvalue weighted by molar-refractivity contribution is -0.159. The second-order valence-corrected chi connectivity index (χ2v) is 5.23. The van der Waals surface area contributed by atoms with E-state index in [-0.39, 0.29) is 0 Å². The molecule has 2 nitrogen and oxygen atoms in total. The van der Waals surface area contributed by atoms with Crippen LogP contribution in [-0.4, -0.2) is 34.9 Å². The fraction of sp³-hybridized carbons (Fsp3) is 0.857. The van der Waals surface area contributed by atoms with Crippen molar-refractivity contribution in [2.75, 3.05) is 13.6 Å². The van der Waals surface area contributed by atoms with Crippen LogP contribution in [0.1, 0.15) is 13.8 Å². The van der Waals surface area contributed by atoms with Gasteiger partial charge in [0.15, 0.2) is 0 Å². The Kier molecular flexibility index (Phi) is 3.78. The third kappa shape index (κ3) is 5.13. The number of alkyl halides is 4. The first-order chi connectivity index (χ1) is 5.54. The Hall–Kier alpha value is -0.260. The summed E-state index contributed by atoms with van der Waals surface area (Å²) in [6.45, 7) is 1.78. The highest BCUT2D eigenvalue weighted by Gasteiger charge is 2.35. The van der Waals surface area contributed by atoms with E-state index in [1.165, 1.54) is 13.8 Å². The maximum Gasteiger partial charge on any atom is 0.406 e. The number of nitrogens with zero attached hydrogens (tertiary/aromatic N) is 1. The molecule has 0 atom stereocenters. The predicted octanol–water partition coefficient (Wildman–Crippen LogP) is 2.18. The maximum absolute atomic E-state index is 11.8. The molecule has 0 aromatic heterocycles. The molecule has 0 aliphatic rings. The van der Waals surface area contributed by atoms with Crippen LogP contribution < -0.4 is 0 Å². The molecule has 0 spiro atoms. The maximum atomic E-state index is 11.8. The zero-order valence-electron chi connectivity index (χ0n) is 7.57. The summed E-state index contributed by atoms with van der Waals surface area (Å²) in [5, 5.41) is 0. The largest absolute Gasteiger partial charge is 0.406 e. The molecule has 0 heterocycles. The summed E-state index contributed by atoms with van der Waals surface area (Å²) in [6.07, 6.45) is -4.34. The van der Waals surface area contributed by atoms with Gasteiger partial charge in [0.25, 0.3) is 0 Å². The Bertz CT molecular complexity index is 197. The Morgan fingerprint density at radius 3 is 2.00 bits per heavy atom. The van der Waals surface area contributed by atoms with Crippen LogP contribution in [0.3, 0.4) is 0 Å².